The van der Waals surface area contributed by atoms with Crippen molar-refractivity contribution in [2.45, 2.75) is 26.4 Å². The monoisotopic (exact) mass is 603 g/mol. The molecule has 0 spiro atoms. The van der Waals surface area contributed by atoms with Gasteiger partial charge in [-0.3, -0.25) is 14.3 Å². The second kappa shape index (κ2) is 16.6. The molecular formula is C27H37Cl3FN5O3. The summed E-state index contributed by atoms with van der Waals surface area (Å²) < 4.78 is 27.7. The van der Waals surface area contributed by atoms with Gasteiger partial charge in [0.1, 0.15) is 11.9 Å². The summed E-state index contributed by atoms with van der Waals surface area (Å²) in [5.41, 5.74) is 1.31. The Hall–Kier alpha value is -2.43. The van der Waals surface area contributed by atoms with Crippen molar-refractivity contribution in [2.24, 2.45) is 7.05 Å². The molecule has 2 aromatic heterocycles. The van der Waals surface area contributed by atoms with E-state index in [1.165, 1.54) is 22.9 Å². The number of benzene rings is 1. The summed E-state index contributed by atoms with van der Waals surface area (Å²) in [6, 6.07) is 10.8. The largest absolute Gasteiger partial charge is 0.494 e. The van der Waals surface area contributed by atoms with E-state index in [0.29, 0.717) is 37.9 Å². The molecule has 8 nitrogen and oxygen atoms in total. The van der Waals surface area contributed by atoms with Crippen molar-refractivity contribution in [3.8, 4) is 17.0 Å². The molecule has 0 N–H and O–H groups in total. The molecule has 1 aromatic carbocycles. The molecule has 1 aliphatic heterocycles. The van der Waals surface area contributed by atoms with Crippen molar-refractivity contribution in [3.63, 3.8) is 0 Å². The topological polar surface area (TPSA) is 72.7 Å². The summed E-state index contributed by atoms with van der Waals surface area (Å²) in [6.07, 6.45) is 3.41. The maximum Gasteiger partial charge on any atom is 0.255 e. The van der Waals surface area contributed by atoms with Crippen LogP contribution in [0.1, 0.15) is 31.9 Å². The fourth-order valence-corrected chi connectivity index (χ4v) is 4.36. The molecule has 0 bridgehead atoms. The zero-order valence-corrected chi connectivity index (χ0v) is 24.9. The molecule has 1 saturated heterocycles. The van der Waals surface area contributed by atoms with Crippen molar-refractivity contribution in [2.75, 3.05) is 50.8 Å². The molecule has 0 aliphatic carbocycles. The van der Waals surface area contributed by atoms with Gasteiger partial charge in [-0.05, 0) is 43.3 Å². The standard InChI is InChI=1S/C27H34FN5O3.3ClH/c1-4-32(5-2)13-6-15-35-21-9-7-20(8-10-21)25-19-33(14-16-36-25)27-30-24(17-26(34)31(27)3)22-11-12-29-18-23(22)28;;;/h7-12,17-18,25H,4-6,13-16,19H2,1-3H3;3*1H/t25-;;;/m1.../s1. The maximum atomic E-state index is 14.3. The number of aromatic nitrogens is 3. The Bertz CT molecular complexity index is 1210. The van der Waals surface area contributed by atoms with Crippen LogP contribution in [0.25, 0.3) is 11.3 Å². The Morgan fingerprint density at radius 2 is 1.85 bits per heavy atom. The second-order valence-corrected chi connectivity index (χ2v) is 8.80. The minimum absolute atomic E-state index is 0. The summed E-state index contributed by atoms with van der Waals surface area (Å²) in [5.74, 6) is 0.802. The summed E-state index contributed by atoms with van der Waals surface area (Å²) >= 11 is 0. The highest BCUT2D eigenvalue weighted by Crippen LogP contribution is 2.28. The van der Waals surface area contributed by atoms with Gasteiger partial charge < -0.3 is 19.3 Å². The van der Waals surface area contributed by atoms with Crippen LogP contribution in [0.3, 0.4) is 0 Å². The first-order valence-corrected chi connectivity index (χ1v) is 12.5. The van der Waals surface area contributed by atoms with Crippen LogP contribution in [0.4, 0.5) is 10.3 Å². The van der Waals surface area contributed by atoms with E-state index in [4.69, 9.17) is 9.47 Å². The maximum absolute atomic E-state index is 14.3. The van der Waals surface area contributed by atoms with Gasteiger partial charge in [0, 0.05) is 38.0 Å². The van der Waals surface area contributed by atoms with Gasteiger partial charge in [-0.15, -0.1) is 37.2 Å². The first-order chi connectivity index (χ1) is 17.5. The van der Waals surface area contributed by atoms with Crippen LogP contribution in [0.2, 0.25) is 0 Å². The third-order valence-corrected chi connectivity index (χ3v) is 6.54. The summed E-state index contributed by atoms with van der Waals surface area (Å²) in [6.45, 7) is 9.74. The van der Waals surface area contributed by atoms with Crippen molar-refractivity contribution in [3.05, 3.63) is 70.5 Å². The highest BCUT2D eigenvalue weighted by atomic mass is 35.5. The highest BCUT2D eigenvalue weighted by Gasteiger charge is 2.25. The van der Waals surface area contributed by atoms with Gasteiger partial charge in [0.25, 0.3) is 5.56 Å². The first kappa shape index (κ1) is 34.6. The van der Waals surface area contributed by atoms with E-state index in [1.807, 2.05) is 29.2 Å². The Kier molecular flexibility index (Phi) is 14.7. The molecule has 12 heteroatoms. The lowest BCUT2D eigenvalue weighted by molar-refractivity contribution is 0.0389. The smallest absolute Gasteiger partial charge is 0.255 e. The van der Waals surface area contributed by atoms with Gasteiger partial charge in [0.15, 0.2) is 5.82 Å². The zero-order chi connectivity index (χ0) is 25.5. The normalized spacial score (nSPS) is 14.7. The van der Waals surface area contributed by atoms with Crippen molar-refractivity contribution < 1.29 is 13.9 Å². The van der Waals surface area contributed by atoms with Crippen LogP contribution in [0, 0.1) is 5.82 Å². The van der Waals surface area contributed by atoms with Crippen LogP contribution < -0.4 is 15.2 Å². The van der Waals surface area contributed by atoms with Crippen molar-refractivity contribution in [1.82, 2.24) is 19.4 Å². The van der Waals surface area contributed by atoms with E-state index in [1.54, 1.807) is 7.05 Å². The lowest BCUT2D eigenvalue weighted by Gasteiger charge is -2.34. The second-order valence-electron chi connectivity index (χ2n) is 8.80. The Morgan fingerprint density at radius 3 is 2.51 bits per heavy atom. The number of anilines is 1. The highest BCUT2D eigenvalue weighted by molar-refractivity contribution is 5.86. The number of nitrogens with zero attached hydrogens (tertiary/aromatic N) is 5. The summed E-state index contributed by atoms with van der Waals surface area (Å²) in [4.78, 5) is 25.5. The van der Waals surface area contributed by atoms with E-state index in [9.17, 15) is 9.18 Å². The van der Waals surface area contributed by atoms with Crippen LogP contribution >= 0.6 is 37.2 Å². The third kappa shape index (κ3) is 8.78. The van der Waals surface area contributed by atoms with Gasteiger partial charge in [-0.25, -0.2) is 9.37 Å². The zero-order valence-electron chi connectivity index (χ0n) is 22.4. The number of pyridine rings is 1. The van der Waals surface area contributed by atoms with Crippen LogP contribution in [0.5, 0.6) is 5.75 Å². The minimum atomic E-state index is -0.514. The Morgan fingerprint density at radius 1 is 1.13 bits per heavy atom. The molecule has 216 valence electrons. The fourth-order valence-electron chi connectivity index (χ4n) is 4.36. The lowest BCUT2D eigenvalue weighted by atomic mass is 10.1. The predicted molar refractivity (Wildman–Crippen MR) is 160 cm³/mol. The van der Waals surface area contributed by atoms with E-state index < -0.39 is 5.82 Å². The van der Waals surface area contributed by atoms with E-state index in [0.717, 1.165) is 43.6 Å². The minimum Gasteiger partial charge on any atom is -0.494 e. The molecule has 0 amide bonds. The lowest BCUT2D eigenvalue weighted by Crippen LogP contribution is -2.41. The Labute approximate surface area is 247 Å². The number of rotatable bonds is 10. The summed E-state index contributed by atoms with van der Waals surface area (Å²) in [5, 5.41) is 0. The van der Waals surface area contributed by atoms with Gasteiger partial charge in [0.2, 0.25) is 5.95 Å². The molecule has 39 heavy (non-hydrogen) atoms. The molecule has 0 radical (unpaired) electrons. The average molecular weight is 605 g/mol. The molecule has 3 aromatic rings. The third-order valence-electron chi connectivity index (χ3n) is 6.54. The molecule has 0 saturated carbocycles. The quantitative estimate of drug-likeness (QED) is 0.304. The van der Waals surface area contributed by atoms with Gasteiger partial charge in [0.05, 0.1) is 31.6 Å². The van der Waals surface area contributed by atoms with E-state index in [2.05, 4.69) is 28.7 Å². The molecule has 0 unspecified atom stereocenters. The molecule has 4 rings (SSSR count). The van der Waals surface area contributed by atoms with Crippen molar-refractivity contribution in [1.29, 1.82) is 0 Å². The molecule has 3 heterocycles. The SMILES string of the molecule is CCN(CC)CCCOc1ccc([C@H]2CN(c3nc(-c4ccncc4F)cc(=O)n3C)CCO2)cc1.Cl.Cl.Cl. The first-order valence-electron chi connectivity index (χ1n) is 12.5. The molecular weight excluding hydrogens is 568 g/mol. The van der Waals surface area contributed by atoms with Crippen LogP contribution in [-0.2, 0) is 11.8 Å². The van der Waals surface area contributed by atoms with Crippen LogP contribution in [0.15, 0.2) is 53.6 Å². The van der Waals surface area contributed by atoms with Crippen molar-refractivity contribution >= 4 is 43.2 Å². The molecule has 1 atom stereocenters. The predicted octanol–water partition coefficient (Wildman–Crippen LogP) is 4.94. The van der Waals surface area contributed by atoms with Gasteiger partial charge >= 0.3 is 0 Å². The number of halogens is 4. The number of ether oxygens (including phenoxy) is 2. The number of hydrogen-bond acceptors (Lipinski definition) is 7. The average Bonchev–Trinajstić information content (AvgIpc) is 2.91. The number of hydrogen-bond donors (Lipinski definition) is 0. The summed E-state index contributed by atoms with van der Waals surface area (Å²) in [7, 11) is 1.67. The van der Waals surface area contributed by atoms with Gasteiger partial charge in [-0.2, -0.15) is 0 Å². The molecule has 1 fully saturated rings. The van der Waals surface area contributed by atoms with E-state index in [-0.39, 0.29) is 54.4 Å². The van der Waals surface area contributed by atoms with Gasteiger partial charge in [-0.1, -0.05) is 26.0 Å². The number of morpholine rings is 1. The van der Waals surface area contributed by atoms with Crippen LogP contribution in [-0.4, -0.2) is 65.4 Å². The molecule has 1 aliphatic rings. The fraction of sp³-hybridized carbons (Fsp3) is 0.444. The van der Waals surface area contributed by atoms with E-state index >= 15 is 0 Å². The Balaban J connectivity index is 0.00000253.